The summed E-state index contributed by atoms with van der Waals surface area (Å²) in [5.41, 5.74) is 1.40. The maximum atomic E-state index is 9.74. The molecule has 1 aromatic rings. The van der Waals surface area contributed by atoms with Crippen LogP contribution in [0.5, 0.6) is 0 Å². The van der Waals surface area contributed by atoms with E-state index in [1.165, 1.54) is 23.3 Å². The Morgan fingerprint density at radius 2 is 2.15 bits per heavy atom. The molecule has 112 valence electrons. The van der Waals surface area contributed by atoms with Gasteiger partial charge in [0.15, 0.2) is 0 Å². The van der Waals surface area contributed by atoms with Crippen LogP contribution in [0.4, 0.5) is 0 Å². The van der Waals surface area contributed by atoms with Crippen molar-refractivity contribution >= 4 is 11.8 Å². The first-order valence-electron chi connectivity index (χ1n) is 7.83. The van der Waals surface area contributed by atoms with E-state index < -0.39 is 0 Å². The molecule has 1 aliphatic rings. The zero-order valence-electron chi connectivity index (χ0n) is 12.6. The molecule has 0 saturated heterocycles. The Hall–Kier alpha value is -0.510. The molecule has 0 heterocycles. The average molecular weight is 293 g/mol. The Labute approximate surface area is 127 Å². The Morgan fingerprint density at radius 1 is 1.35 bits per heavy atom. The summed E-state index contributed by atoms with van der Waals surface area (Å²) in [7, 11) is 0. The van der Waals surface area contributed by atoms with Crippen molar-refractivity contribution in [3.05, 3.63) is 29.8 Å². The minimum Gasteiger partial charge on any atom is -0.393 e. The normalized spacial score (nSPS) is 24.6. The summed E-state index contributed by atoms with van der Waals surface area (Å²) in [6.07, 6.45) is 4.30. The summed E-state index contributed by atoms with van der Waals surface area (Å²) in [6, 6.07) is 9.06. The molecule has 1 saturated carbocycles. The number of benzene rings is 1. The van der Waals surface area contributed by atoms with E-state index in [0.717, 1.165) is 25.1 Å². The molecule has 20 heavy (non-hydrogen) atoms. The number of hydrogen-bond donors (Lipinski definition) is 2. The number of nitrogens with one attached hydrogen (secondary N) is 1. The highest BCUT2D eigenvalue weighted by atomic mass is 32.2. The summed E-state index contributed by atoms with van der Waals surface area (Å²) in [6.45, 7) is 5.46. The standard InChI is InChI=1S/C17H27NOS/c1-3-20-17-10-5-4-9-16(17)13(2)18-12-14-7-6-8-15(19)11-14/h4-5,9-10,13-15,18-19H,3,6-8,11-12H2,1-2H3. The maximum absolute atomic E-state index is 9.74. The van der Waals surface area contributed by atoms with Crippen molar-refractivity contribution in [2.24, 2.45) is 5.92 Å². The first-order chi connectivity index (χ1) is 9.70. The van der Waals surface area contributed by atoms with Gasteiger partial charge in [-0.15, -0.1) is 11.8 Å². The van der Waals surface area contributed by atoms with Gasteiger partial charge >= 0.3 is 0 Å². The van der Waals surface area contributed by atoms with Crippen molar-refractivity contribution < 1.29 is 5.11 Å². The molecular weight excluding hydrogens is 266 g/mol. The topological polar surface area (TPSA) is 32.3 Å². The van der Waals surface area contributed by atoms with Gasteiger partial charge in [0.25, 0.3) is 0 Å². The molecule has 3 atom stereocenters. The van der Waals surface area contributed by atoms with Crippen LogP contribution in [0.15, 0.2) is 29.2 Å². The minimum atomic E-state index is -0.0752. The second kappa shape index (κ2) is 8.06. The van der Waals surface area contributed by atoms with Crippen molar-refractivity contribution in [2.75, 3.05) is 12.3 Å². The molecule has 2 rings (SSSR count). The highest BCUT2D eigenvalue weighted by molar-refractivity contribution is 7.99. The van der Waals surface area contributed by atoms with E-state index in [0.29, 0.717) is 12.0 Å². The lowest BCUT2D eigenvalue weighted by Gasteiger charge is -2.27. The minimum absolute atomic E-state index is 0.0752. The highest BCUT2D eigenvalue weighted by Gasteiger charge is 2.20. The molecule has 2 N–H and O–H groups in total. The van der Waals surface area contributed by atoms with Crippen LogP contribution in [0.3, 0.4) is 0 Å². The molecule has 0 bridgehead atoms. The summed E-state index contributed by atoms with van der Waals surface area (Å²) in [4.78, 5) is 1.39. The van der Waals surface area contributed by atoms with E-state index in [-0.39, 0.29) is 6.10 Å². The molecule has 0 radical (unpaired) electrons. The number of thioether (sulfide) groups is 1. The zero-order chi connectivity index (χ0) is 14.4. The van der Waals surface area contributed by atoms with Gasteiger partial charge in [0.2, 0.25) is 0 Å². The summed E-state index contributed by atoms with van der Waals surface area (Å²) in [5.74, 6) is 1.74. The van der Waals surface area contributed by atoms with Gasteiger partial charge in [-0.05, 0) is 56.0 Å². The lowest BCUT2D eigenvalue weighted by Crippen LogP contribution is -2.30. The van der Waals surface area contributed by atoms with Crippen LogP contribution in [0.2, 0.25) is 0 Å². The van der Waals surface area contributed by atoms with Crippen LogP contribution in [0.25, 0.3) is 0 Å². The molecular formula is C17H27NOS. The molecule has 1 fully saturated rings. The van der Waals surface area contributed by atoms with E-state index in [9.17, 15) is 5.11 Å². The van der Waals surface area contributed by atoms with Crippen LogP contribution in [0.1, 0.15) is 51.1 Å². The molecule has 3 unspecified atom stereocenters. The molecule has 0 aliphatic heterocycles. The SMILES string of the molecule is CCSc1ccccc1C(C)NCC1CCCC(O)C1. The van der Waals surface area contributed by atoms with E-state index in [1.54, 1.807) is 0 Å². The van der Waals surface area contributed by atoms with Crippen LogP contribution < -0.4 is 5.32 Å². The molecule has 2 nitrogen and oxygen atoms in total. The number of aliphatic hydroxyl groups is 1. The highest BCUT2D eigenvalue weighted by Crippen LogP contribution is 2.28. The molecule has 3 heteroatoms. The Balaban J connectivity index is 1.89. The van der Waals surface area contributed by atoms with Gasteiger partial charge < -0.3 is 10.4 Å². The third-order valence-electron chi connectivity index (χ3n) is 4.15. The van der Waals surface area contributed by atoms with Crippen molar-refractivity contribution in [1.29, 1.82) is 0 Å². The molecule has 1 aromatic carbocycles. The summed E-state index contributed by atoms with van der Waals surface area (Å²) < 4.78 is 0. The van der Waals surface area contributed by atoms with Gasteiger partial charge in [-0.2, -0.15) is 0 Å². The van der Waals surface area contributed by atoms with Crippen LogP contribution in [0, 0.1) is 5.92 Å². The largest absolute Gasteiger partial charge is 0.393 e. The second-order valence-corrected chi connectivity index (χ2v) is 7.09. The molecule has 0 amide bonds. The second-order valence-electron chi connectivity index (χ2n) is 5.79. The fraction of sp³-hybridized carbons (Fsp3) is 0.647. The number of hydrogen-bond acceptors (Lipinski definition) is 3. The van der Waals surface area contributed by atoms with Gasteiger partial charge in [-0.1, -0.05) is 31.5 Å². The lowest BCUT2D eigenvalue weighted by atomic mass is 9.87. The number of rotatable bonds is 6. The van der Waals surface area contributed by atoms with E-state index in [4.69, 9.17) is 0 Å². The maximum Gasteiger partial charge on any atom is 0.0543 e. The fourth-order valence-electron chi connectivity index (χ4n) is 3.03. The predicted molar refractivity (Wildman–Crippen MR) is 87.2 cm³/mol. The first kappa shape index (κ1) is 15.9. The van der Waals surface area contributed by atoms with Gasteiger partial charge in [0.05, 0.1) is 6.10 Å². The third-order valence-corrected chi connectivity index (χ3v) is 5.12. The van der Waals surface area contributed by atoms with Crippen molar-refractivity contribution in [2.45, 2.75) is 56.6 Å². The van der Waals surface area contributed by atoms with Crippen LogP contribution in [-0.4, -0.2) is 23.5 Å². The Bertz CT molecular complexity index is 410. The van der Waals surface area contributed by atoms with E-state index in [1.807, 2.05) is 11.8 Å². The van der Waals surface area contributed by atoms with Crippen molar-refractivity contribution in [1.82, 2.24) is 5.32 Å². The summed E-state index contributed by atoms with van der Waals surface area (Å²) in [5, 5.41) is 13.4. The monoisotopic (exact) mass is 293 g/mol. The quantitative estimate of drug-likeness (QED) is 0.778. The Morgan fingerprint density at radius 3 is 2.90 bits per heavy atom. The number of aliphatic hydroxyl groups excluding tert-OH is 1. The summed E-state index contributed by atoms with van der Waals surface area (Å²) >= 11 is 1.91. The van der Waals surface area contributed by atoms with E-state index in [2.05, 4.69) is 43.4 Å². The van der Waals surface area contributed by atoms with Gasteiger partial charge in [0, 0.05) is 10.9 Å². The fourth-order valence-corrected chi connectivity index (χ4v) is 3.92. The van der Waals surface area contributed by atoms with Crippen LogP contribution >= 0.6 is 11.8 Å². The zero-order valence-corrected chi connectivity index (χ0v) is 13.5. The third kappa shape index (κ3) is 4.51. The van der Waals surface area contributed by atoms with Gasteiger partial charge in [-0.3, -0.25) is 0 Å². The van der Waals surface area contributed by atoms with Crippen LogP contribution in [-0.2, 0) is 0 Å². The van der Waals surface area contributed by atoms with Crippen molar-refractivity contribution in [3.63, 3.8) is 0 Å². The van der Waals surface area contributed by atoms with Gasteiger partial charge in [-0.25, -0.2) is 0 Å². The Kier molecular flexibility index (Phi) is 6.40. The van der Waals surface area contributed by atoms with Crippen molar-refractivity contribution in [3.8, 4) is 0 Å². The molecule has 0 aromatic heterocycles. The average Bonchev–Trinajstić information content (AvgIpc) is 2.46. The van der Waals surface area contributed by atoms with E-state index >= 15 is 0 Å². The molecule has 1 aliphatic carbocycles. The van der Waals surface area contributed by atoms with Gasteiger partial charge in [0.1, 0.15) is 0 Å². The first-order valence-corrected chi connectivity index (χ1v) is 8.82. The predicted octanol–water partition coefficient (Wildman–Crippen LogP) is 4.00. The lowest BCUT2D eigenvalue weighted by molar-refractivity contribution is 0.0998. The molecule has 0 spiro atoms. The smallest absolute Gasteiger partial charge is 0.0543 e.